The third-order valence-electron chi connectivity index (χ3n) is 2.38. The molecule has 2 N–H and O–H groups in total. The van der Waals surface area contributed by atoms with E-state index in [1.165, 1.54) is 13.0 Å². The van der Waals surface area contributed by atoms with E-state index >= 15 is 0 Å². The summed E-state index contributed by atoms with van der Waals surface area (Å²) in [4.78, 5) is 23.2. The van der Waals surface area contributed by atoms with Crippen molar-refractivity contribution in [1.29, 1.82) is 0 Å². The highest BCUT2D eigenvalue weighted by atomic mass is 16.5. The lowest BCUT2D eigenvalue weighted by Gasteiger charge is -2.07. The van der Waals surface area contributed by atoms with Gasteiger partial charge in [0.15, 0.2) is 5.78 Å². The van der Waals surface area contributed by atoms with Crippen LogP contribution in [0.2, 0.25) is 0 Å². The zero-order chi connectivity index (χ0) is 12.3. The molecule has 0 fully saturated rings. The topological polar surface area (TPSA) is 79.5 Å². The van der Waals surface area contributed by atoms with Gasteiger partial charge in [0.2, 0.25) is 0 Å². The van der Waals surface area contributed by atoms with Gasteiger partial charge in [-0.2, -0.15) is 4.73 Å². The summed E-state index contributed by atoms with van der Waals surface area (Å²) in [5.41, 5.74) is -1.00. The van der Waals surface area contributed by atoms with Gasteiger partial charge in [-0.05, 0) is 13.3 Å². The number of carbonyl (C=O) groups is 1. The van der Waals surface area contributed by atoms with E-state index in [2.05, 4.69) is 0 Å². The quantitative estimate of drug-likeness (QED) is 0.600. The molecule has 0 aliphatic heterocycles. The fraction of sp³-hybridized carbons (Fsp3) is 0.455. The molecule has 0 spiro atoms. The number of aromatic hydroxyl groups is 1. The molecule has 0 aliphatic carbocycles. The Morgan fingerprint density at radius 1 is 1.50 bits per heavy atom. The molecule has 0 unspecified atom stereocenters. The lowest BCUT2D eigenvalue weighted by molar-refractivity contribution is 0.0966. The fourth-order valence-corrected chi connectivity index (χ4v) is 1.43. The lowest BCUT2D eigenvalue weighted by atomic mass is 10.1. The van der Waals surface area contributed by atoms with Crippen molar-refractivity contribution in [2.45, 2.75) is 33.1 Å². The molecule has 5 heteroatoms. The van der Waals surface area contributed by atoms with Crippen molar-refractivity contribution in [2.75, 3.05) is 0 Å². The zero-order valence-corrected chi connectivity index (χ0v) is 9.36. The Balaban J connectivity index is 3.19. The SMILES string of the molecule is CCCCC(=O)c1c(O)cc(C)n(O)c1=O. The molecular formula is C11H15NO4. The molecule has 1 aromatic heterocycles. The van der Waals surface area contributed by atoms with Crippen molar-refractivity contribution in [3.8, 4) is 5.75 Å². The molecule has 0 radical (unpaired) electrons. The number of pyridine rings is 1. The van der Waals surface area contributed by atoms with E-state index in [0.29, 0.717) is 11.2 Å². The maximum atomic E-state index is 11.6. The number of hydrogen-bond acceptors (Lipinski definition) is 4. The number of carbonyl (C=O) groups excluding carboxylic acids is 1. The summed E-state index contributed by atoms with van der Waals surface area (Å²) in [6.45, 7) is 3.38. The van der Waals surface area contributed by atoms with Crippen molar-refractivity contribution < 1.29 is 15.1 Å². The Bertz CT molecular complexity index is 462. The van der Waals surface area contributed by atoms with Crippen molar-refractivity contribution in [1.82, 2.24) is 4.73 Å². The highest BCUT2D eigenvalue weighted by Gasteiger charge is 2.18. The fourth-order valence-electron chi connectivity index (χ4n) is 1.43. The van der Waals surface area contributed by atoms with Gasteiger partial charge >= 0.3 is 0 Å². The highest BCUT2D eigenvalue weighted by Crippen LogP contribution is 2.16. The van der Waals surface area contributed by atoms with Crippen LogP contribution in [0.1, 0.15) is 42.2 Å². The van der Waals surface area contributed by atoms with Crippen molar-refractivity contribution >= 4 is 5.78 Å². The molecule has 0 saturated carbocycles. The second-order valence-electron chi connectivity index (χ2n) is 3.69. The summed E-state index contributed by atoms with van der Waals surface area (Å²) in [5.74, 6) is -0.805. The molecule has 1 aromatic rings. The van der Waals surface area contributed by atoms with Gasteiger partial charge in [0, 0.05) is 12.5 Å². The maximum Gasteiger partial charge on any atom is 0.297 e. The number of unbranched alkanes of at least 4 members (excludes halogenated alkanes) is 1. The van der Waals surface area contributed by atoms with Crippen LogP contribution in [-0.4, -0.2) is 20.8 Å². The van der Waals surface area contributed by atoms with Crippen LogP contribution in [-0.2, 0) is 0 Å². The van der Waals surface area contributed by atoms with Crippen LogP contribution < -0.4 is 5.56 Å². The Morgan fingerprint density at radius 3 is 2.69 bits per heavy atom. The van der Waals surface area contributed by atoms with E-state index in [1.807, 2.05) is 6.92 Å². The summed E-state index contributed by atoms with van der Waals surface area (Å²) < 4.78 is 0.374. The predicted molar refractivity (Wildman–Crippen MR) is 58.1 cm³/mol. The first kappa shape index (κ1) is 12.3. The Labute approximate surface area is 92.9 Å². The molecule has 1 rings (SSSR count). The Hall–Kier alpha value is -1.78. The van der Waals surface area contributed by atoms with Crippen LogP contribution >= 0.6 is 0 Å². The van der Waals surface area contributed by atoms with Gasteiger partial charge in [-0.3, -0.25) is 9.59 Å². The zero-order valence-electron chi connectivity index (χ0n) is 9.36. The second-order valence-corrected chi connectivity index (χ2v) is 3.69. The first-order chi connectivity index (χ1) is 7.49. The molecular weight excluding hydrogens is 210 g/mol. The summed E-state index contributed by atoms with van der Waals surface area (Å²) in [6, 6.07) is 1.20. The number of nitrogens with zero attached hydrogens (tertiary/aromatic N) is 1. The molecule has 0 amide bonds. The molecule has 88 valence electrons. The maximum absolute atomic E-state index is 11.6. The second kappa shape index (κ2) is 4.83. The van der Waals surface area contributed by atoms with Gasteiger partial charge in [0.25, 0.3) is 5.56 Å². The monoisotopic (exact) mass is 225 g/mol. The first-order valence-electron chi connectivity index (χ1n) is 5.17. The number of Topliss-reactive ketones (excluding diaryl/α,β-unsaturated/α-hetero) is 1. The summed E-state index contributed by atoms with van der Waals surface area (Å²) >= 11 is 0. The summed E-state index contributed by atoms with van der Waals surface area (Å²) in [7, 11) is 0. The largest absolute Gasteiger partial charge is 0.507 e. The summed E-state index contributed by atoms with van der Waals surface area (Å²) in [5, 5.41) is 18.8. The molecule has 16 heavy (non-hydrogen) atoms. The third kappa shape index (κ3) is 2.24. The molecule has 0 aliphatic rings. The van der Waals surface area contributed by atoms with Gasteiger partial charge in [-0.25, -0.2) is 0 Å². The predicted octanol–water partition coefficient (Wildman–Crippen LogP) is 1.47. The van der Waals surface area contributed by atoms with E-state index in [-0.39, 0.29) is 23.4 Å². The average Bonchev–Trinajstić information content (AvgIpc) is 2.23. The molecule has 0 bridgehead atoms. The van der Waals surface area contributed by atoms with Crippen molar-refractivity contribution in [2.24, 2.45) is 0 Å². The van der Waals surface area contributed by atoms with E-state index < -0.39 is 11.3 Å². The van der Waals surface area contributed by atoms with Crippen LogP contribution in [0, 0.1) is 6.92 Å². The number of ketones is 1. The van der Waals surface area contributed by atoms with Crippen LogP contribution in [0.15, 0.2) is 10.9 Å². The molecule has 1 heterocycles. The number of hydrogen-bond donors (Lipinski definition) is 2. The molecule has 0 atom stereocenters. The van der Waals surface area contributed by atoms with E-state index in [4.69, 9.17) is 0 Å². The van der Waals surface area contributed by atoms with Crippen LogP contribution in [0.3, 0.4) is 0 Å². The number of aryl methyl sites for hydroxylation is 1. The van der Waals surface area contributed by atoms with Crippen molar-refractivity contribution in [3.63, 3.8) is 0 Å². The number of rotatable bonds is 4. The van der Waals surface area contributed by atoms with Gasteiger partial charge in [0.05, 0.1) is 5.69 Å². The lowest BCUT2D eigenvalue weighted by Crippen LogP contribution is -2.26. The molecule has 0 aromatic carbocycles. The minimum atomic E-state index is -0.862. The van der Waals surface area contributed by atoms with Crippen molar-refractivity contribution in [3.05, 3.63) is 27.7 Å². The van der Waals surface area contributed by atoms with Crippen LogP contribution in [0.4, 0.5) is 0 Å². The number of aromatic nitrogens is 1. The van der Waals surface area contributed by atoms with E-state index in [9.17, 15) is 19.9 Å². The summed E-state index contributed by atoms with van der Waals surface area (Å²) in [6.07, 6.45) is 1.67. The van der Waals surface area contributed by atoms with Crippen LogP contribution in [0.25, 0.3) is 0 Å². The van der Waals surface area contributed by atoms with Crippen LogP contribution in [0.5, 0.6) is 5.75 Å². The van der Waals surface area contributed by atoms with Gasteiger partial charge in [-0.15, -0.1) is 0 Å². The van der Waals surface area contributed by atoms with E-state index in [1.54, 1.807) is 0 Å². The smallest absolute Gasteiger partial charge is 0.297 e. The Morgan fingerprint density at radius 2 is 2.12 bits per heavy atom. The average molecular weight is 225 g/mol. The minimum Gasteiger partial charge on any atom is -0.507 e. The van der Waals surface area contributed by atoms with Gasteiger partial charge in [-0.1, -0.05) is 13.3 Å². The molecule has 0 saturated heterocycles. The van der Waals surface area contributed by atoms with Gasteiger partial charge in [0.1, 0.15) is 11.3 Å². The minimum absolute atomic E-state index is 0.189. The third-order valence-corrected chi connectivity index (χ3v) is 2.38. The normalized spacial score (nSPS) is 10.4. The van der Waals surface area contributed by atoms with E-state index in [0.717, 1.165) is 6.42 Å². The molecule has 5 nitrogen and oxygen atoms in total. The standard InChI is InChI=1S/C11H15NO4/c1-3-4-5-8(13)10-9(14)6-7(2)12(16)11(10)15/h6,14,16H,3-5H2,1-2H3. The first-order valence-corrected chi connectivity index (χ1v) is 5.17. The van der Waals surface area contributed by atoms with Gasteiger partial charge < -0.3 is 10.3 Å². The Kier molecular flexibility index (Phi) is 3.71. The highest BCUT2D eigenvalue weighted by molar-refractivity contribution is 5.98.